The quantitative estimate of drug-likeness (QED) is 0.514. The highest BCUT2D eigenvalue weighted by Crippen LogP contribution is 2.21. The van der Waals surface area contributed by atoms with Gasteiger partial charge in [0.1, 0.15) is 12.0 Å². The number of amides is 1. The van der Waals surface area contributed by atoms with E-state index >= 15 is 0 Å². The average Bonchev–Trinajstić information content (AvgIpc) is 2.95. The van der Waals surface area contributed by atoms with Crippen molar-refractivity contribution in [3.05, 3.63) is 29.8 Å². The van der Waals surface area contributed by atoms with Crippen molar-refractivity contribution in [2.24, 2.45) is 11.5 Å². The summed E-state index contributed by atoms with van der Waals surface area (Å²) < 4.78 is 5.70. The molecule has 1 amide bonds. The number of likely N-dealkylation sites (tertiary alicyclic amines) is 1. The third kappa shape index (κ3) is 5.65. The molecule has 126 valence electrons. The first-order valence-corrected chi connectivity index (χ1v) is 8.02. The number of nitrogens with two attached hydrogens (primary N) is 2. The van der Waals surface area contributed by atoms with Gasteiger partial charge in [-0.15, -0.1) is 0 Å². The molecule has 0 aromatic heterocycles. The Kier molecular flexibility index (Phi) is 6.55. The predicted octanol–water partition coefficient (Wildman–Crippen LogP) is 0.646. The van der Waals surface area contributed by atoms with Crippen LogP contribution in [0, 0.1) is 0 Å². The Morgan fingerprint density at radius 2 is 2.13 bits per heavy atom. The second-order valence-electron chi connectivity index (χ2n) is 6.03. The van der Waals surface area contributed by atoms with Crippen molar-refractivity contribution in [3.8, 4) is 5.75 Å². The SMILES string of the molecule is NC(=O)CC(C=O)c1ccc(OCCCN2CC[C@@H](N)C2)cc1. The lowest BCUT2D eigenvalue weighted by atomic mass is 9.97. The molecule has 0 spiro atoms. The van der Waals surface area contributed by atoms with Gasteiger partial charge in [0, 0.05) is 31.5 Å². The minimum Gasteiger partial charge on any atom is -0.494 e. The zero-order valence-corrected chi connectivity index (χ0v) is 13.3. The number of primary amides is 1. The van der Waals surface area contributed by atoms with Crippen molar-refractivity contribution < 1.29 is 14.3 Å². The molecule has 1 heterocycles. The molecule has 1 fully saturated rings. The van der Waals surface area contributed by atoms with Crippen LogP contribution in [0.4, 0.5) is 0 Å². The number of nitrogens with zero attached hydrogens (tertiary/aromatic N) is 1. The molecule has 1 aliphatic heterocycles. The Balaban J connectivity index is 1.74. The number of benzene rings is 1. The Morgan fingerprint density at radius 3 is 2.70 bits per heavy atom. The standard InChI is InChI=1S/C17H25N3O3/c18-15-6-8-20(11-15)7-1-9-23-16-4-2-13(3-5-16)14(12-21)10-17(19)22/h2-5,12,14-15H,1,6-11,18H2,(H2,19,22)/t14?,15-/m1/s1. The second-order valence-corrected chi connectivity index (χ2v) is 6.03. The molecule has 6 heteroatoms. The molecule has 0 aliphatic carbocycles. The number of hydrogen-bond acceptors (Lipinski definition) is 5. The van der Waals surface area contributed by atoms with Crippen LogP contribution in [0.3, 0.4) is 0 Å². The topological polar surface area (TPSA) is 98.6 Å². The van der Waals surface area contributed by atoms with Gasteiger partial charge in [0.25, 0.3) is 0 Å². The van der Waals surface area contributed by atoms with Crippen LogP contribution in [0.15, 0.2) is 24.3 Å². The summed E-state index contributed by atoms with van der Waals surface area (Å²) in [4.78, 5) is 24.3. The number of aldehydes is 1. The van der Waals surface area contributed by atoms with Gasteiger partial charge in [0.2, 0.25) is 5.91 Å². The first-order chi connectivity index (χ1) is 11.1. The second kappa shape index (κ2) is 8.64. The van der Waals surface area contributed by atoms with Crippen LogP contribution >= 0.6 is 0 Å². The van der Waals surface area contributed by atoms with E-state index in [1.807, 2.05) is 12.1 Å². The van der Waals surface area contributed by atoms with Crippen molar-refractivity contribution in [2.45, 2.75) is 31.2 Å². The molecule has 1 aromatic carbocycles. The van der Waals surface area contributed by atoms with Gasteiger partial charge >= 0.3 is 0 Å². The van der Waals surface area contributed by atoms with Crippen LogP contribution in [-0.4, -0.2) is 49.4 Å². The van der Waals surface area contributed by atoms with E-state index in [9.17, 15) is 9.59 Å². The summed E-state index contributed by atoms with van der Waals surface area (Å²) in [6, 6.07) is 7.56. The minimum absolute atomic E-state index is 0.0294. The van der Waals surface area contributed by atoms with Gasteiger partial charge in [-0.05, 0) is 37.1 Å². The van der Waals surface area contributed by atoms with Gasteiger partial charge in [-0.2, -0.15) is 0 Å². The number of carbonyl (C=O) groups is 2. The van der Waals surface area contributed by atoms with Gasteiger partial charge in [0.15, 0.2) is 0 Å². The number of carbonyl (C=O) groups excluding carboxylic acids is 2. The Bertz CT molecular complexity index is 518. The molecule has 1 saturated heterocycles. The van der Waals surface area contributed by atoms with Gasteiger partial charge in [-0.3, -0.25) is 4.79 Å². The van der Waals surface area contributed by atoms with Crippen LogP contribution in [0.2, 0.25) is 0 Å². The molecular formula is C17H25N3O3. The average molecular weight is 319 g/mol. The molecule has 1 unspecified atom stereocenters. The van der Waals surface area contributed by atoms with Crippen molar-refractivity contribution in [2.75, 3.05) is 26.2 Å². The largest absolute Gasteiger partial charge is 0.494 e. The molecular weight excluding hydrogens is 294 g/mol. The Hall–Kier alpha value is -1.92. The third-order valence-corrected chi connectivity index (χ3v) is 4.09. The van der Waals surface area contributed by atoms with Crippen molar-refractivity contribution in [1.29, 1.82) is 0 Å². The minimum atomic E-state index is -0.485. The highest BCUT2D eigenvalue weighted by molar-refractivity contribution is 5.79. The van der Waals surface area contributed by atoms with E-state index in [0.717, 1.165) is 50.1 Å². The fraction of sp³-hybridized carbons (Fsp3) is 0.529. The molecule has 1 aliphatic rings. The monoisotopic (exact) mass is 319 g/mol. The van der Waals surface area contributed by atoms with E-state index in [4.69, 9.17) is 16.2 Å². The maximum Gasteiger partial charge on any atom is 0.218 e. The summed E-state index contributed by atoms with van der Waals surface area (Å²) >= 11 is 0. The van der Waals surface area contributed by atoms with E-state index < -0.39 is 11.8 Å². The van der Waals surface area contributed by atoms with Crippen LogP contribution in [0.5, 0.6) is 5.75 Å². The van der Waals surface area contributed by atoms with Gasteiger partial charge in [-0.25, -0.2) is 0 Å². The van der Waals surface area contributed by atoms with Crippen molar-refractivity contribution >= 4 is 12.2 Å². The van der Waals surface area contributed by atoms with Gasteiger partial charge in [0.05, 0.1) is 6.61 Å². The van der Waals surface area contributed by atoms with E-state index in [1.54, 1.807) is 12.1 Å². The van der Waals surface area contributed by atoms with Crippen LogP contribution in [0.25, 0.3) is 0 Å². The highest BCUT2D eigenvalue weighted by Gasteiger charge is 2.18. The first-order valence-electron chi connectivity index (χ1n) is 8.02. The number of rotatable bonds is 9. The van der Waals surface area contributed by atoms with Gasteiger partial charge < -0.3 is 25.9 Å². The fourth-order valence-corrected chi connectivity index (χ4v) is 2.82. The molecule has 2 atom stereocenters. The normalized spacial score (nSPS) is 19.4. The maximum atomic E-state index is 11.0. The van der Waals surface area contributed by atoms with Crippen LogP contribution < -0.4 is 16.2 Å². The smallest absolute Gasteiger partial charge is 0.218 e. The zero-order chi connectivity index (χ0) is 16.7. The van der Waals surface area contributed by atoms with Gasteiger partial charge in [-0.1, -0.05) is 12.1 Å². The van der Waals surface area contributed by atoms with Crippen molar-refractivity contribution in [1.82, 2.24) is 4.90 Å². The molecule has 0 saturated carbocycles. The summed E-state index contributed by atoms with van der Waals surface area (Å²) in [5.41, 5.74) is 11.8. The lowest BCUT2D eigenvalue weighted by Gasteiger charge is -2.15. The van der Waals surface area contributed by atoms with E-state index in [1.165, 1.54) is 0 Å². The van der Waals surface area contributed by atoms with E-state index in [-0.39, 0.29) is 6.42 Å². The number of hydrogen-bond donors (Lipinski definition) is 2. The molecule has 0 bridgehead atoms. The zero-order valence-electron chi connectivity index (χ0n) is 13.3. The molecule has 6 nitrogen and oxygen atoms in total. The summed E-state index contributed by atoms with van der Waals surface area (Å²) in [6.45, 7) is 3.69. The summed E-state index contributed by atoms with van der Waals surface area (Å²) in [7, 11) is 0. The van der Waals surface area contributed by atoms with E-state index in [0.29, 0.717) is 12.6 Å². The molecule has 4 N–H and O–H groups in total. The first kappa shape index (κ1) is 17.4. The number of ether oxygens (including phenoxy) is 1. The van der Waals surface area contributed by atoms with E-state index in [2.05, 4.69) is 4.90 Å². The molecule has 0 radical (unpaired) electrons. The lowest BCUT2D eigenvalue weighted by molar-refractivity contribution is -0.120. The highest BCUT2D eigenvalue weighted by atomic mass is 16.5. The Morgan fingerprint density at radius 1 is 1.39 bits per heavy atom. The van der Waals surface area contributed by atoms with Crippen LogP contribution in [-0.2, 0) is 9.59 Å². The summed E-state index contributed by atoms with van der Waals surface area (Å²) in [5, 5.41) is 0. The van der Waals surface area contributed by atoms with Crippen molar-refractivity contribution in [3.63, 3.8) is 0 Å². The maximum absolute atomic E-state index is 11.0. The molecule has 23 heavy (non-hydrogen) atoms. The summed E-state index contributed by atoms with van der Waals surface area (Å²) in [5.74, 6) is -0.208. The lowest BCUT2D eigenvalue weighted by Crippen LogP contribution is -2.28. The Labute approximate surface area is 136 Å². The van der Waals surface area contributed by atoms with Crippen LogP contribution in [0.1, 0.15) is 30.7 Å². The fourth-order valence-electron chi connectivity index (χ4n) is 2.82. The predicted molar refractivity (Wildman–Crippen MR) is 88.2 cm³/mol. The molecule has 2 rings (SSSR count). The third-order valence-electron chi connectivity index (χ3n) is 4.09. The summed E-state index contributed by atoms with van der Waals surface area (Å²) in [6.07, 6.45) is 2.81. The molecule has 1 aromatic rings.